The van der Waals surface area contributed by atoms with Crippen LogP contribution in [0.4, 0.5) is 24.7 Å². The number of likely N-dealkylation sites (tertiary alicyclic amines) is 1. The van der Waals surface area contributed by atoms with Crippen molar-refractivity contribution in [3.8, 4) is 17.0 Å². The molecule has 1 atom stereocenters. The smallest absolute Gasteiger partial charge is 0.416 e. The Labute approximate surface area is 198 Å². The van der Waals surface area contributed by atoms with E-state index in [1.807, 2.05) is 13.1 Å². The monoisotopic (exact) mass is 479 g/mol. The Morgan fingerprint density at radius 1 is 1.09 bits per heavy atom. The molecule has 186 valence electrons. The number of halogens is 3. The Kier molecular flexibility index (Phi) is 7.18. The minimum absolute atomic E-state index is 0.0826. The first-order valence-electron chi connectivity index (χ1n) is 11.7. The number of aryl methyl sites for hydroxylation is 1. The Balaban J connectivity index is 1.74. The Morgan fingerprint density at radius 3 is 2.59 bits per heavy atom. The summed E-state index contributed by atoms with van der Waals surface area (Å²) in [6.07, 6.45) is -2.24. The normalized spacial score (nSPS) is 19.3. The van der Waals surface area contributed by atoms with Gasteiger partial charge in [0, 0.05) is 44.9 Å². The summed E-state index contributed by atoms with van der Waals surface area (Å²) in [4.78, 5) is 6.78. The lowest BCUT2D eigenvalue weighted by Crippen LogP contribution is -2.51. The molecule has 2 aromatic rings. The first-order chi connectivity index (χ1) is 16.2. The number of anilines is 2. The van der Waals surface area contributed by atoms with Crippen LogP contribution in [0, 0.1) is 6.92 Å². The zero-order chi connectivity index (χ0) is 24.5. The van der Waals surface area contributed by atoms with E-state index < -0.39 is 11.7 Å². The lowest BCUT2D eigenvalue weighted by Gasteiger charge is -2.43. The van der Waals surface area contributed by atoms with Crippen LogP contribution in [0.3, 0.4) is 0 Å². The predicted molar refractivity (Wildman–Crippen MR) is 125 cm³/mol. The molecule has 2 aliphatic rings. The first kappa shape index (κ1) is 24.5. The molecule has 0 unspecified atom stereocenters. The molecule has 0 bridgehead atoms. The molecule has 4 rings (SSSR count). The average Bonchev–Trinajstić information content (AvgIpc) is 2.78. The molecule has 1 aromatic carbocycles. The second kappa shape index (κ2) is 9.95. The van der Waals surface area contributed by atoms with E-state index in [0.29, 0.717) is 29.5 Å². The number of alkyl halides is 3. The van der Waals surface area contributed by atoms with Crippen molar-refractivity contribution in [3.05, 3.63) is 29.3 Å². The molecule has 1 aromatic heterocycles. The van der Waals surface area contributed by atoms with Crippen LogP contribution in [-0.4, -0.2) is 74.8 Å². The van der Waals surface area contributed by atoms with Gasteiger partial charge in [0.15, 0.2) is 12.6 Å². The molecule has 34 heavy (non-hydrogen) atoms. The van der Waals surface area contributed by atoms with Gasteiger partial charge in [0.2, 0.25) is 0 Å². The third-order valence-electron chi connectivity index (χ3n) is 6.54. The van der Waals surface area contributed by atoms with E-state index in [1.165, 1.54) is 0 Å². The topological polar surface area (TPSA) is 54.0 Å². The number of aromatic nitrogens is 2. The number of hydrogen-bond acceptors (Lipinski definition) is 7. The summed E-state index contributed by atoms with van der Waals surface area (Å²) in [6.45, 7) is 7.43. The van der Waals surface area contributed by atoms with Gasteiger partial charge in [0.05, 0.1) is 16.9 Å². The van der Waals surface area contributed by atoms with E-state index >= 15 is 0 Å². The molecular formula is C24H32F3N5O2. The zero-order valence-electron chi connectivity index (χ0n) is 20.2. The summed E-state index contributed by atoms with van der Waals surface area (Å²) >= 11 is 0. The Bertz CT molecular complexity index is 1020. The summed E-state index contributed by atoms with van der Waals surface area (Å²) in [7, 11) is 4.13. The van der Waals surface area contributed by atoms with Gasteiger partial charge < -0.3 is 24.2 Å². The van der Waals surface area contributed by atoms with Crippen molar-refractivity contribution in [2.24, 2.45) is 0 Å². The number of rotatable bonds is 6. The number of likely N-dealkylation sites (N-methyl/N-ethyl adjacent to an activating group) is 2. The largest absolute Gasteiger partial charge is 0.467 e. The van der Waals surface area contributed by atoms with Crippen LogP contribution in [0.25, 0.3) is 11.3 Å². The summed E-state index contributed by atoms with van der Waals surface area (Å²) in [6, 6.07) is 4.41. The minimum atomic E-state index is -4.48. The summed E-state index contributed by atoms with van der Waals surface area (Å²) in [5.41, 5.74) is 1.53. The van der Waals surface area contributed by atoms with Crippen LogP contribution in [-0.2, 0) is 10.9 Å². The van der Waals surface area contributed by atoms with E-state index in [9.17, 15) is 13.2 Å². The Hall–Kier alpha value is -2.59. The fraction of sp³-hybridized carbons (Fsp3) is 0.583. The average molecular weight is 480 g/mol. The van der Waals surface area contributed by atoms with Crippen LogP contribution in [0.15, 0.2) is 18.2 Å². The highest BCUT2D eigenvalue weighted by Crippen LogP contribution is 2.41. The van der Waals surface area contributed by atoms with Crippen molar-refractivity contribution in [3.63, 3.8) is 0 Å². The van der Waals surface area contributed by atoms with Crippen molar-refractivity contribution in [1.82, 2.24) is 15.1 Å². The lowest BCUT2D eigenvalue weighted by molar-refractivity contribution is -0.137. The van der Waals surface area contributed by atoms with E-state index in [4.69, 9.17) is 9.47 Å². The van der Waals surface area contributed by atoms with Crippen molar-refractivity contribution in [2.45, 2.75) is 38.9 Å². The molecular weight excluding hydrogens is 447 g/mol. The van der Waals surface area contributed by atoms with E-state index in [1.54, 1.807) is 13.8 Å². The van der Waals surface area contributed by atoms with E-state index in [-0.39, 0.29) is 12.5 Å². The second-order valence-electron chi connectivity index (χ2n) is 9.03. The number of piperidine rings is 1. The maximum Gasteiger partial charge on any atom is 0.416 e. The Morgan fingerprint density at radius 2 is 1.88 bits per heavy atom. The highest BCUT2D eigenvalue weighted by atomic mass is 19.4. The maximum atomic E-state index is 13.5. The quantitative estimate of drug-likeness (QED) is 0.455. The molecule has 2 aliphatic heterocycles. The molecule has 10 heteroatoms. The molecule has 0 N–H and O–H groups in total. The van der Waals surface area contributed by atoms with Crippen molar-refractivity contribution in [2.75, 3.05) is 63.5 Å². The van der Waals surface area contributed by atoms with Gasteiger partial charge in [-0.3, -0.25) is 0 Å². The molecule has 0 aliphatic carbocycles. The second-order valence-corrected chi connectivity index (χ2v) is 9.03. The van der Waals surface area contributed by atoms with E-state index in [2.05, 4.69) is 31.9 Å². The standard InChI is InChI=1S/C24H32F3N5O2/c1-5-33-15-34-21-12-17(24(25,26)27)11-16(2)22(21)19-13-20-23(29-28-19)32(10-9-31(20)4)18-7-6-8-30(3)14-18/h11-13,18H,5-10,14-15H2,1-4H3/t18-/m1/s1. The molecule has 0 radical (unpaired) electrons. The van der Waals surface area contributed by atoms with Gasteiger partial charge in [-0.2, -0.15) is 13.2 Å². The van der Waals surface area contributed by atoms with E-state index in [0.717, 1.165) is 62.7 Å². The molecule has 0 saturated carbocycles. The molecule has 3 heterocycles. The van der Waals surface area contributed by atoms with Crippen LogP contribution in [0.1, 0.15) is 30.9 Å². The third-order valence-corrected chi connectivity index (χ3v) is 6.54. The van der Waals surface area contributed by atoms with Gasteiger partial charge in [0.1, 0.15) is 5.75 Å². The van der Waals surface area contributed by atoms with Gasteiger partial charge in [-0.05, 0) is 64.0 Å². The number of fused-ring (bicyclic) bond motifs is 1. The molecule has 1 saturated heterocycles. The predicted octanol–water partition coefficient (Wildman–Crippen LogP) is 4.19. The SMILES string of the molecule is CCOCOc1cc(C(F)(F)F)cc(C)c1-c1cc2c(nn1)N([C@@H]1CCCN(C)C1)CCN2C. The highest BCUT2D eigenvalue weighted by molar-refractivity contribution is 5.78. The lowest BCUT2D eigenvalue weighted by atomic mass is 9.99. The zero-order valence-corrected chi connectivity index (χ0v) is 20.2. The molecule has 0 spiro atoms. The van der Waals surface area contributed by atoms with Gasteiger partial charge in [-0.1, -0.05) is 0 Å². The van der Waals surface area contributed by atoms with Crippen LogP contribution in [0.2, 0.25) is 0 Å². The fourth-order valence-corrected chi connectivity index (χ4v) is 4.77. The number of ether oxygens (including phenoxy) is 2. The molecule has 0 amide bonds. The van der Waals surface area contributed by atoms with Gasteiger partial charge in [-0.15, -0.1) is 10.2 Å². The fourth-order valence-electron chi connectivity index (χ4n) is 4.77. The van der Waals surface area contributed by atoms with Gasteiger partial charge in [-0.25, -0.2) is 0 Å². The third kappa shape index (κ3) is 5.07. The van der Waals surface area contributed by atoms with Crippen molar-refractivity contribution in [1.29, 1.82) is 0 Å². The minimum Gasteiger partial charge on any atom is -0.467 e. The van der Waals surface area contributed by atoms with Gasteiger partial charge >= 0.3 is 6.18 Å². The number of hydrogen-bond donors (Lipinski definition) is 0. The summed E-state index contributed by atoms with van der Waals surface area (Å²) in [5.74, 6) is 0.901. The number of nitrogens with zero attached hydrogens (tertiary/aromatic N) is 5. The van der Waals surface area contributed by atoms with Crippen molar-refractivity contribution >= 4 is 11.5 Å². The maximum absolute atomic E-state index is 13.5. The van der Waals surface area contributed by atoms with Gasteiger partial charge in [0.25, 0.3) is 0 Å². The first-order valence-corrected chi connectivity index (χ1v) is 11.7. The summed E-state index contributed by atoms with van der Waals surface area (Å²) in [5, 5.41) is 9.05. The van der Waals surface area contributed by atoms with Crippen LogP contribution >= 0.6 is 0 Å². The number of benzene rings is 1. The molecule has 7 nitrogen and oxygen atoms in total. The molecule has 1 fully saturated rings. The van der Waals surface area contributed by atoms with Crippen LogP contribution < -0.4 is 14.5 Å². The highest BCUT2D eigenvalue weighted by Gasteiger charge is 2.34. The van der Waals surface area contributed by atoms with Crippen molar-refractivity contribution < 1.29 is 22.6 Å². The van der Waals surface area contributed by atoms with Crippen LogP contribution in [0.5, 0.6) is 5.75 Å². The summed E-state index contributed by atoms with van der Waals surface area (Å²) < 4.78 is 51.3.